The fourth-order valence-electron chi connectivity index (χ4n) is 2.58. The van der Waals surface area contributed by atoms with Gasteiger partial charge in [0.2, 0.25) is 10.0 Å². The summed E-state index contributed by atoms with van der Waals surface area (Å²) < 4.78 is 37.9. The van der Waals surface area contributed by atoms with Crippen molar-refractivity contribution in [1.29, 1.82) is 0 Å². The van der Waals surface area contributed by atoms with Crippen molar-refractivity contribution in [3.05, 3.63) is 35.6 Å². The second kappa shape index (κ2) is 6.20. The minimum Gasteiger partial charge on any atom is -0.388 e. The van der Waals surface area contributed by atoms with Crippen molar-refractivity contribution in [3.8, 4) is 0 Å². The van der Waals surface area contributed by atoms with Crippen LogP contribution in [0, 0.1) is 11.7 Å². The van der Waals surface area contributed by atoms with Gasteiger partial charge < -0.3 is 5.11 Å². The highest BCUT2D eigenvalue weighted by Gasteiger charge is 2.30. The predicted octanol–water partition coefficient (Wildman–Crippen LogP) is 1.92. The normalized spacial score (nSPS) is 19.9. The number of benzene rings is 1. The van der Waals surface area contributed by atoms with Crippen LogP contribution in [0.15, 0.2) is 24.3 Å². The van der Waals surface area contributed by atoms with E-state index in [0.717, 1.165) is 0 Å². The third-order valence-electron chi connectivity index (χ3n) is 3.91. The molecule has 0 spiro atoms. The van der Waals surface area contributed by atoms with Crippen LogP contribution in [0.5, 0.6) is 0 Å². The van der Waals surface area contributed by atoms with Crippen LogP contribution in [0.3, 0.4) is 0 Å². The van der Waals surface area contributed by atoms with Crippen molar-refractivity contribution in [1.82, 2.24) is 4.31 Å². The van der Waals surface area contributed by atoms with E-state index in [-0.39, 0.29) is 17.5 Å². The Kier molecular flexibility index (Phi) is 4.78. The van der Waals surface area contributed by atoms with Gasteiger partial charge in [0.15, 0.2) is 0 Å². The van der Waals surface area contributed by atoms with Crippen LogP contribution in [0.2, 0.25) is 0 Å². The number of sulfonamides is 1. The van der Waals surface area contributed by atoms with E-state index in [2.05, 4.69) is 0 Å². The summed E-state index contributed by atoms with van der Waals surface area (Å²) >= 11 is 0. The van der Waals surface area contributed by atoms with Crippen LogP contribution < -0.4 is 0 Å². The smallest absolute Gasteiger partial charge is 0.213 e. The fourth-order valence-corrected chi connectivity index (χ4v) is 3.72. The molecule has 1 aliphatic heterocycles. The maximum Gasteiger partial charge on any atom is 0.213 e. The van der Waals surface area contributed by atoms with Crippen molar-refractivity contribution in [2.75, 3.05) is 18.8 Å². The molecule has 1 aromatic carbocycles. The van der Waals surface area contributed by atoms with E-state index in [4.69, 9.17) is 0 Å². The number of hydrogen-bond donors (Lipinski definition) is 1. The first kappa shape index (κ1) is 15.4. The fraction of sp³-hybridized carbons (Fsp3) is 0.571. The largest absolute Gasteiger partial charge is 0.388 e. The first-order valence-electron chi connectivity index (χ1n) is 6.85. The molecule has 0 amide bonds. The summed E-state index contributed by atoms with van der Waals surface area (Å²) in [7, 11) is -3.14. The second-order valence-corrected chi connectivity index (χ2v) is 7.39. The zero-order valence-electron chi connectivity index (χ0n) is 11.5. The van der Waals surface area contributed by atoms with Gasteiger partial charge in [0, 0.05) is 13.1 Å². The lowest BCUT2D eigenvalue weighted by molar-refractivity contribution is 0.0760. The molecule has 0 aliphatic carbocycles. The lowest BCUT2D eigenvalue weighted by atomic mass is 9.88. The lowest BCUT2D eigenvalue weighted by Gasteiger charge is -2.33. The van der Waals surface area contributed by atoms with Gasteiger partial charge in [0.1, 0.15) is 5.82 Å². The van der Waals surface area contributed by atoms with Crippen molar-refractivity contribution in [2.24, 2.45) is 5.92 Å². The highest BCUT2D eigenvalue weighted by Crippen LogP contribution is 2.31. The third kappa shape index (κ3) is 3.37. The molecule has 0 aromatic heterocycles. The van der Waals surface area contributed by atoms with E-state index in [0.29, 0.717) is 31.5 Å². The molecule has 1 aliphatic rings. The van der Waals surface area contributed by atoms with Gasteiger partial charge in [-0.1, -0.05) is 12.1 Å². The van der Waals surface area contributed by atoms with E-state index < -0.39 is 16.1 Å². The van der Waals surface area contributed by atoms with Crippen LogP contribution in [0.25, 0.3) is 0 Å². The van der Waals surface area contributed by atoms with Crippen molar-refractivity contribution >= 4 is 10.0 Å². The van der Waals surface area contributed by atoms with Gasteiger partial charge in [-0.2, -0.15) is 0 Å². The Morgan fingerprint density at radius 2 is 1.85 bits per heavy atom. The molecule has 1 aromatic rings. The van der Waals surface area contributed by atoms with Crippen LogP contribution in [-0.4, -0.2) is 36.7 Å². The van der Waals surface area contributed by atoms with Gasteiger partial charge in [-0.25, -0.2) is 17.1 Å². The summed E-state index contributed by atoms with van der Waals surface area (Å²) in [6.45, 7) is 2.52. The molecule has 112 valence electrons. The number of aliphatic hydroxyl groups is 1. The first-order chi connectivity index (χ1) is 9.44. The monoisotopic (exact) mass is 301 g/mol. The van der Waals surface area contributed by atoms with E-state index in [1.165, 1.54) is 16.4 Å². The zero-order valence-corrected chi connectivity index (χ0v) is 12.3. The molecule has 1 saturated heterocycles. The summed E-state index contributed by atoms with van der Waals surface area (Å²) in [5.74, 6) is -0.202. The molecule has 2 rings (SSSR count). The van der Waals surface area contributed by atoms with Gasteiger partial charge in [-0.3, -0.25) is 0 Å². The number of rotatable bonds is 4. The Morgan fingerprint density at radius 3 is 2.35 bits per heavy atom. The SMILES string of the molecule is CCS(=O)(=O)N1CCC(C(O)c2ccc(F)cc2)CC1. The Bertz CT molecular complexity index is 536. The average Bonchev–Trinajstić information content (AvgIpc) is 2.47. The maximum atomic E-state index is 12.9. The second-order valence-electron chi connectivity index (χ2n) is 5.13. The zero-order chi connectivity index (χ0) is 14.8. The van der Waals surface area contributed by atoms with Crippen LogP contribution in [-0.2, 0) is 10.0 Å². The number of aliphatic hydroxyl groups excluding tert-OH is 1. The molecule has 20 heavy (non-hydrogen) atoms. The molecule has 1 unspecified atom stereocenters. The first-order valence-corrected chi connectivity index (χ1v) is 8.46. The molecule has 1 heterocycles. The maximum absolute atomic E-state index is 12.9. The third-order valence-corrected chi connectivity index (χ3v) is 5.80. The van der Waals surface area contributed by atoms with Crippen molar-refractivity contribution < 1.29 is 17.9 Å². The number of hydrogen-bond acceptors (Lipinski definition) is 3. The average molecular weight is 301 g/mol. The standard InChI is InChI=1S/C14H20FNO3S/c1-2-20(18,19)16-9-7-12(8-10-16)14(17)11-3-5-13(15)6-4-11/h3-6,12,14,17H,2,7-10H2,1H3. The quantitative estimate of drug-likeness (QED) is 0.924. The molecule has 1 atom stereocenters. The Labute approximate surface area is 119 Å². The molecule has 4 nitrogen and oxygen atoms in total. The summed E-state index contributed by atoms with van der Waals surface area (Å²) in [6.07, 6.45) is 0.581. The molecule has 1 N–H and O–H groups in total. The van der Waals surface area contributed by atoms with E-state index >= 15 is 0 Å². The minimum absolute atomic E-state index is 0.0174. The predicted molar refractivity (Wildman–Crippen MR) is 75.1 cm³/mol. The van der Waals surface area contributed by atoms with Gasteiger partial charge >= 0.3 is 0 Å². The van der Waals surface area contributed by atoms with Gasteiger partial charge in [0.05, 0.1) is 11.9 Å². The van der Waals surface area contributed by atoms with Crippen molar-refractivity contribution in [2.45, 2.75) is 25.9 Å². The summed E-state index contributed by atoms with van der Waals surface area (Å²) in [4.78, 5) is 0. The highest BCUT2D eigenvalue weighted by molar-refractivity contribution is 7.89. The molecule has 0 radical (unpaired) electrons. The molecular weight excluding hydrogens is 281 g/mol. The molecule has 1 fully saturated rings. The van der Waals surface area contributed by atoms with Crippen LogP contribution in [0.1, 0.15) is 31.4 Å². The van der Waals surface area contributed by atoms with E-state index in [1.807, 2.05) is 0 Å². The van der Waals surface area contributed by atoms with Gasteiger partial charge in [0.25, 0.3) is 0 Å². The Hall–Kier alpha value is -0.980. The van der Waals surface area contributed by atoms with E-state index in [9.17, 15) is 17.9 Å². The topological polar surface area (TPSA) is 57.6 Å². The number of nitrogens with zero attached hydrogens (tertiary/aromatic N) is 1. The molecular formula is C14H20FNO3S. The Balaban J connectivity index is 1.98. The highest BCUT2D eigenvalue weighted by atomic mass is 32.2. The number of piperidine rings is 1. The summed E-state index contributed by atoms with van der Waals surface area (Å²) in [5.41, 5.74) is 0.684. The molecule has 0 saturated carbocycles. The molecule has 6 heteroatoms. The van der Waals surface area contributed by atoms with Gasteiger partial charge in [-0.05, 0) is 43.4 Å². The Morgan fingerprint density at radius 1 is 1.30 bits per heavy atom. The lowest BCUT2D eigenvalue weighted by Crippen LogP contribution is -2.40. The summed E-state index contributed by atoms with van der Waals surface area (Å²) in [5, 5.41) is 10.3. The molecule has 0 bridgehead atoms. The van der Waals surface area contributed by atoms with Crippen LogP contribution in [0.4, 0.5) is 4.39 Å². The number of halogens is 1. The van der Waals surface area contributed by atoms with Gasteiger partial charge in [-0.15, -0.1) is 0 Å². The minimum atomic E-state index is -3.14. The van der Waals surface area contributed by atoms with E-state index in [1.54, 1.807) is 19.1 Å². The summed E-state index contributed by atoms with van der Waals surface area (Å²) in [6, 6.07) is 5.81. The van der Waals surface area contributed by atoms with Crippen molar-refractivity contribution in [3.63, 3.8) is 0 Å². The van der Waals surface area contributed by atoms with Crippen LogP contribution >= 0.6 is 0 Å².